The molecule has 0 atom stereocenters. The van der Waals surface area contributed by atoms with Crippen LogP contribution < -0.4 is 5.46 Å². The Hall–Kier alpha value is -1.54. The summed E-state index contributed by atoms with van der Waals surface area (Å²) in [6.07, 6.45) is 0. The number of amides is 1. The molecule has 0 spiro atoms. The molecule has 0 aliphatic carbocycles. The van der Waals surface area contributed by atoms with Gasteiger partial charge in [-0.05, 0) is 51.4 Å². The predicted molar refractivity (Wildman–Crippen MR) is 83.0 cm³/mol. The number of carbonyl (C=O) groups is 1. The molecule has 24 heavy (non-hydrogen) atoms. The Morgan fingerprint density at radius 1 is 1.08 bits per heavy atom. The molecule has 0 saturated carbocycles. The molecule has 0 radical (unpaired) electrons. The number of hydrogen-bond acceptors (Lipinski definition) is 3. The van der Waals surface area contributed by atoms with Crippen molar-refractivity contribution in [3.8, 4) is 0 Å². The van der Waals surface area contributed by atoms with E-state index in [4.69, 9.17) is 9.31 Å². The van der Waals surface area contributed by atoms with E-state index in [1.165, 1.54) is 12.1 Å². The molecule has 4 nitrogen and oxygen atoms in total. The molecule has 130 valence electrons. The van der Waals surface area contributed by atoms with Crippen molar-refractivity contribution in [3.05, 3.63) is 29.6 Å². The zero-order valence-corrected chi connectivity index (χ0v) is 14.0. The number of halogens is 3. The number of benzene rings is 1. The Kier molecular flexibility index (Phi) is 3.77. The molecule has 1 aromatic rings. The van der Waals surface area contributed by atoms with Gasteiger partial charge in [-0.15, -0.1) is 0 Å². The van der Waals surface area contributed by atoms with Crippen LogP contribution in [0.25, 0.3) is 0 Å². The van der Waals surface area contributed by atoms with Crippen molar-refractivity contribution in [1.82, 2.24) is 4.90 Å². The number of hydrogen-bond donors (Lipinski definition) is 0. The summed E-state index contributed by atoms with van der Waals surface area (Å²) < 4.78 is 51.5. The van der Waals surface area contributed by atoms with Crippen molar-refractivity contribution in [2.45, 2.75) is 44.8 Å². The molecule has 2 fully saturated rings. The molecule has 8 heteroatoms. The second-order valence-corrected chi connectivity index (χ2v) is 7.38. The highest BCUT2D eigenvalue weighted by Crippen LogP contribution is 2.36. The van der Waals surface area contributed by atoms with Gasteiger partial charge in [-0.1, -0.05) is 0 Å². The van der Waals surface area contributed by atoms with Gasteiger partial charge in [-0.25, -0.2) is 13.2 Å². The van der Waals surface area contributed by atoms with Gasteiger partial charge in [-0.2, -0.15) is 0 Å². The molecule has 0 unspecified atom stereocenters. The first-order chi connectivity index (χ1) is 10.9. The van der Waals surface area contributed by atoms with Crippen LogP contribution in [0.4, 0.5) is 13.2 Å². The molecular weight excluding hydrogens is 322 g/mol. The Morgan fingerprint density at radius 2 is 1.62 bits per heavy atom. The van der Waals surface area contributed by atoms with Crippen LogP contribution in [0.5, 0.6) is 0 Å². The molecule has 3 rings (SSSR count). The fourth-order valence-corrected chi connectivity index (χ4v) is 2.69. The van der Waals surface area contributed by atoms with Crippen LogP contribution in [0.1, 0.15) is 38.1 Å². The van der Waals surface area contributed by atoms with Crippen molar-refractivity contribution in [2.24, 2.45) is 0 Å². The van der Waals surface area contributed by atoms with Crippen molar-refractivity contribution in [2.75, 3.05) is 13.1 Å². The standard InChI is InChI=1S/C16H19BF3NO3/c1-14(2)15(3,4)24-17(23-14)11-5-10(6-12(18)7-11)13(22)21-8-16(19,20)9-21/h5-7H,8-9H2,1-4H3. The van der Waals surface area contributed by atoms with Gasteiger partial charge in [0.15, 0.2) is 0 Å². The van der Waals surface area contributed by atoms with E-state index in [0.29, 0.717) is 5.46 Å². The fraction of sp³-hybridized carbons (Fsp3) is 0.562. The molecule has 2 saturated heterocycles. The van der Waals surface area contributed by atoms with Gasteiger partial charge in [0.05, 0.1) is 24.3 Å². The van der Waals surface area contributed by atoms with Gasteiger partial charge in [0.25, 0.3) is 11.8 Å². The van der Waals surface area contributed by atoms with Crippen LogP contribution in [0.15, 0.2) is 18.2 Å². The molecular formula is C16H19BF3NO3. The van der Waals surface area contributed by atoms with Crippen LogP contribution in [0, 0.1) is 5.82 Å². The topological polar surface area (TPSA) is 38.8 Å². The van der Waals surface area contributed by atoms with Gasteiger partial charge in [-0.3, -0.25) is 4.79 Å². The molecule has 1 amide bonds. The second kappa shape index (κ2) is 5.23. The number of nitrogens with zero attached hydrogens (tertiary/aromatic N) is 1. The maximum absolute atomic E-state index is 13.9. The third-order valence-electron chi connectivity index (χ3n) is 4.82. The third kappa shape index (κ3) is 2.93. The van der Waals surface area contributed by atoms with E-state index >= 15 is 0 Å². The minimum atomic E-state index is -2.86. The monoisotopic (exact) mass is 341 g/mol. The largest absolute Gasteiger partial charge is 0.494 e. The van der Waals surface area contributed by atoms with Crippen LogP contribution in [-0.4, -0.2) is 48.1 Å². The van der Waals surface area contributed by atoms with Gasteiger partial charge in [0, 0.05) is 5.56 Å². The predicted octanol–water partition coefficient (Wildman–Crippen LogP) is 2.22. The molecule has 1 aromatic carbocycles. The average Bonchev–Trinajstić information content (AvgIpc) is 2.63. The molecule has 0 aromatic heterocycles. The fourth-order valence-electron chi connectivity index (χ4n) is 2.69. The number of rotatable bonds is 2. The van der Waals surface area contributed by atoms with E-state index in [2.05, 4.69) is 0 Å². The van der Waals surface area contributed by atoms with E-state index in [1.807, 2.05) is 27.7 Å². The van der Waals surface area contributed by atoms with Crippen molar-refractivity contribution in [1.29, 1.82) is 0 Å². The Labute approximate surface area is 139 Å². The van der Waals surface area contributed by atoms with E-state index in [-0.39, 0.29) is 5.56 Å². The molecule has 2 heterocycles. The number of alkyl halides is 2. The molecule has 2 aliphatic rings. The van der Waals surface area contributed by atoms with Crippen LogP contribution in [-0.2, 0) is 9.31 Å². The Bertz CT molecular complexity index is 669. The lowest BCUT2D eigenvalue weighted by molar-refractivity contribution is -0.113. The lowest BCUT2D eigenvalue weighted by Crippen LogP contribution is -2.58. The summed E-state index contributed by atoms with van der Waals surface area (Å²) in [4.78, 5) is 13.2. The summed E-state index contributed by atoms with van der Waals surface area (Å²) in [7, 11) is -0.824. The molecule has 2 aliphatic heterocycles. The van der Waals surface area contributed by atoms with Crippen molar-refractivity contribution < 1.29 is 27.3 Å². The quantitative estimate of drug-likeness (QED) is 0.775. The highest BCUT2D eigenvalue weighted by molar-refractivity contribution is 6.62. The van der Waals surface area contributed by atoms with E-state index < -0.39 is 49.1 Å². The lowest BCUT2D eigenvalue weighted by atomic mass is 9.78. The zero-order valence-electron chi connectivity index (χ0n) is 14.0. The zero-order chi connectivity index (χ0) is 17.9. The minimum Gasteiger partial charge on any atom is -0.399 e. The lowest BCUT2D eigenvalue weighted by Gasteiger charge is -2.38. The SMILES string of the molecule is CC1(C)OB(c2cc(F)cc(C(=O)N3CC(F)(F)C3)c2)OC1(C)C. The van der Waals surface area contributed by atoms with Crippen LogP contribution in [0.2, 0.25) is 0 Å². The smallest absolute Gasteiger partial charge is 0.399 e. The highest BCUT2D eigenvalue weighted by Gasteiger charge is 2.52. The maximum atomic E-state index is 13.9. The molecule has 0 N–H and O–H groups in total. The van der Waals surface area contributed by atoms with Crippen LogP contribution >= 0.6 is 0 Å². The van der Waals surface area contributed by atoms with E-state index in [1.54, 1.807) is 0 Å². The Morgan fingerprint density at radius 3 is 2.12 bits per heavy atom. The van der Waals surface area contributed by atoms with E-state index in [0.717, 1.165) is 11.0 Å². The highest BCUT2D eigenvalue weighted by atomic mass is 19.3. The second-order valence-electron chi connectivity index (χ2n) is 7.38. The summed E-state index contributed by atoms with van der Waals surface area (Å²) in [6, 6.07) is 3.70. The van der Waals surface area contributed by atoms with Gasteiger partial charge >= 0.3 is 7.12 Å². The summed E-state index contributed by atoms with van der Waals surface area (Å²) in [5, 5.41) is 0. The summed E-state index contributed by atoms with van der Waals surface area (Å²) in [5.74, 6) is -4.13. The first-order valence-corrected chi connectivity index (χ1v) is 7.73. The van der Waals surface area contributed by atoms with Crippen molar-refractivity contribution in [3.63, 3.8) is 0 Å². The minimum absolute atomic E-state index is 0.00946. The number of likely N-dealkylation sites (tertiary alicyclic amines) is 1. The third-order valence-corrected chi connectivity index (χ3v) is 4.82. The normalized spacial score (nSPS) is 24.0. The van der Waals surface area contributed by atoms with Crippen LogP contribution in [0.3, 0.4) is 0 Å². The van der Waals surface area contributed by atoms with Gasteiger partial charge in [0.1, 0.15) is 5.82 Å². The number of carbonyl (C=O) groups excluding carboxylic acids is 1. The first-order valence-electron chi connectivity index (χ1n) is 7.73. The first kappa shape index (κ1) is 17.3. The maximum Gasteiger partial charge on any atom is 0.494 e. The summed E-state index contributed by atoms with van der Waals surface area (Å²) in [5.41, 5.74) is -0.846. The summed E-state index contributed by atoms with van der Waals surface area (Å²) >= 11 is 0. The van der Waals surface area contributed by atoms with E-state index in [9.17, 15) is 18.0 Å². The average molecular weight is 341 g/mol. The summed E-state index contributed by atoms with van der Waals surface area (Å²) in [6.45, 7) is 6.16. The van der Waals surface area contributed by atoms with Crippen molar-refractivity contribution >= 4 is 18.5 Å². The van der Waals surface area contributed by atoms with Gasteiger partial charge < -0.3 is 14.2 Å². The Balaban J connectivity index is 1.84. The molecule has 0 bridgehead atoms. The van der Waals surface area contributed by atoms with Gasteiger partial charge in [0.2, 0.25) is 0 Å².